The van der Waals surface area contributed by atoms with E-state index in [-0.39, 0.29) is 6.04 Å². The van der Waals surface area contributed by atoms with Gasteiger partial charge in [-0.1, -0.05) is 6.07 Å². The second-order valence-electron chi connectivity index (χ2n) is 6.79. The van der Waals surface area contributed by atoms with E-state index in [0.717, 1.165) is 36.6 Å². The molecule has 1 fully saturated rings. The van der Waals surface area contributed by atoms with Gasteiger partial charge >= 0.3 is 5.97 Å². The number of aromatic nitrogens is 1. The molecule has 0 amide bonds. The Morgan fingerprint density at radius 1 is 1.44 bits per heavy atom. The third kappa shape index (κ3) is 4.46. The molecule has 134 valence electrons. The Morgan fingerprint density at radius 2 is 2.28 bits per heavy atom. The fourth-order valence-corrected chi connectivity index (χ4v) is 3.52. The largest absolute Gasteiger partial charge is 0.480 e. The molecule has 0 aliphatic carbocycles. The standard InChI is InChI=1S/C19H25N3O3/c1-14-5-6-17(25-14)13-22-9-7-16(10-18(22)19(23)24)21(2)12-15-4-3-8-20-11-15/h3-6,8,11,16,18H,7,9-10,12-13H2,1-2H3,(H,23,24)/t16-,18+/m1/s1. The molecule has 3 heterocycles. The Bertz CT molecular complexity index is 701. The maximum atomic E-state index is 11.8. The van der Waals surface area contributed by atoms with Gasteiger partial charge in [-0.2, -0.15) is 0 Å². The SMILES string of the molecule is Cc1ccc(CN2CC[C@@H](N(C)Cc3cccnc3)C[C@H]2C(=O)O)o1. The molecule has 1 saturated heterocycles. The molecule has 2 aromatic rings. The summed E-state index contributed by atoms with van der Waals surface area (Å²) in [6, 6.07) is 7.58. The number of aliphatic carboxylic acids is 1. The molecule has 25 heavy (non-hydrogen) atoms. The van der Waals surface area contributed by atoms with Crippen LogP contribution in [0.15, 0.2) is 41.1 Å². The van der Waals surface area contributed by atoms with Crippen molar-refractivity contribution in [1.82, 2.24) is 14.8 Å². The normalized spacial score (nSPS) is 21.6. The average Bonchev–Trinajstić information content (AvgIpc) is 3.00. The van der Waals surface area contributed by atoms with Crippen LogP contribution in [0, 0.1) is 6.92 Å². The third-order valence-corrected chi connectivity index (χ3v) is 4.90. The highest BCUT2D eigenvalue weighted by Crippen LogP contribution is 2.25. The van der Waals surface area contributed by atoms with E-state index in [9.17, 15) is 9.90 Å². The third-order valence-electron chi connectivity index (χ3n) is 4.90. The smallest absolute Gasteiger partial charge is 0.320 e. The number of likely N-dealkylation sites (tertiary alicyclic amines) is 1. The first-order valence-corrected chi connectivity index (χ1v) is 8.64. The van der Waals surface area contributed by atoms with Crippen LogP contribution in [0.1, 0.15) is 29.9 Å². The molecule has 0 spiro atoms. The predicted molar refractivity (Wildman–Crippen MR) is 94.0 cm³/mol. The Kier molecular flexibility index (Phi) is 5.50. The fraction of sp³-hybridized carbons (Fsp3) is 0.474. The van der Waals surface area contributed by atoms with Gasteiger partial charge in [-0.05, 0) is 50.6 Å². The zero-order valence-corrected chi connectivity index (χ0v) is 14.8. The van der Waals surface area contributed by atoms with Gasteiger partial charge in [0, 0.05) is 31.5 Å². The van der Waals surface area contributed by atoms with Crippen LogP contribution >= 0.6 is 0 Å². The summed E-state index contributed by atoms with van der Waals surface area (Å²) >= 11 is 0. The van der Waals surface area contributed by atoms with Gasteiger partial charge in [0.05, 0.1) is 6.54 Å². The van der Waals surface area contributed by atoms with Gasteiger partial charge in [0.15, 0.2) is 0 Å². The number of carbonyl (C=O) groups is 1. The first kappa shape index (κ1) is 17.6. The highest BCUT2D eigenvalue weighted by Gasteiger charge is 2.35. The molecule has 0 bridgehead atoms. The zero-order valence-electron chi connectivity index (χ0n) is 14.8. The number of carboxylic acid groups (broad SMARTS) is 1. The molecule has 6 heteroatoms. The molecule has 1 aliphatic heterocycles. The van der Waals surface area contributed by atoms with E-state index in [4.69, 9.17) is 4.42 Å². The van der Waals surface area contributed by atoms with Gasteiger partial charge in [0.1, 0.15) is 17.6 Å². The van der Waals surface area contributed by atoms with Crippen LogP contribution in [-0.2, 0) is 17.9 Å². The summed E-state index contributed by atoms with van der Waals surface area (Å²) in [6.45, 7) is 3.97. The lowest BCUT2D eigenvalue weighted by Gasteiger charge is -2.40. The van der Waals surface area contributed by atoms with Crippen molar-refractivity contribution in [3.05, 3.63) is 53.7 Å². The first-order chi connectivity index (χ1) is 12.0. The average molecular weight is 343 g/mol. The molecule has 2 atom stereocenters. The van der Waals surface area contributed by atoms with Crippen LogP contribution in [0.4, 0.5) is 0 Å². The summed E-state index contributed by atoms with van der Waals surface area (Å²) in [5.41, 5.74) is 1.14. The molecule has 0 unspecified atom stereocenters. The second-order valence-corrected chi connectivity index (χ2v) is 6.79. The number of hydrogen-bond donors (Lipinski definition) is 1. The molecule has 6 nitrogen and oxygen atoms in total. The van der Waals surface area contributed by atoms with Crippen molar-refractivity contribution in [3.8, 4) is 0 Å². The number of carboxylic acids is 1. The highest BCUT2D eigenvalue weighted by molar-refractivity contribution is 5.73. The summed E-state index contributed by atoms with van der Waals surface area (Å²) in [4.78, 5) is 20.2. The number of nitrogens with zero attached hydrogens (tertiary/aromatic N) is 3. The van der Waals surface area contributed by atoms with Crippen molar-refractivity contribution in [2.24, 2.45) is 0 Å². The summed E-state index contributed by atoms with van der Waals surface area (Å²) < 4.78 is 5.62. The van der Waals surface area contributed by atoms with Crippen LogP contribution in [0.3, 0.4) is 0 Å². The summed E-state index contributed by atoms with van der Waals surface area (Å²) in [7, 11) is 2.06. The van der Waals surface area contributed by atoms with Crippen molar-refractivity contribution in [1.29, 1.82) is 0 Å². The van der Waals surface area contributed by atoms with Crippen molar-refractivity contribution in [2.45, 2.75) is 44.9 Å². The molecular formula is C19H25N3O3. The minimum atomic E-state index is -0.761. The minimum Gasteiger partial charge on any atom is -0.480 e. The lowest BCUT2D eigenvalue weighted by Crippen LogP contribution is -2.51. The van der Waals surface area contributed by atoms with E-state index in [2.05, 4.69) is 16.9 Å². The molecule has 0 radical (unpaired) electrons. The van der Waals surface area contributed by atoms with E-state index in [0.29, 0.717) is 13.0 Å². The van der Waals surface area contributed by atoms with Crippen molar-refractivity contribution in [3.63, 3.8) is 0 Å². The second kappa shape index (κ2) is 7.80. The molecule has 1 aliphatic rings. The topological polar surface area (TPSA) is 69.8 Å². The predicted octanol–water partition coefficient (Wildman–Crippen LogP) is 2.53. The van der Waals surface area contributed by atoms with Crippen LogP contribution in [-0.4, -0.2) is 51.5 Å². The van der Waals surface area contributed by atoms with Gasteiger partial charge in [0.25, 0.3) is 0 Å². The van der Waals surface area contributed by atoms with Crippen LogP contribution in [0.25, 0.3) is 0 Å². The first-order valence-electron chi connectivity index (χ1n) is 8.64. The molecule has 3 rings (SSSR count). The van der Waals surface area contributed by atoms with E-state index >= 15 is 0 Å². The monoisotopic (exact) mass is 343 g/mol. The maximum absolute atomic E-state index is 11.8. The lowest BCUT2D eigenvalue weighted by atomic mass is 9.95. The Balaban J connectivity index is 1.63. The Labute approximate surface area is 148 Å². The number of pyridine rings is 1. The molecule has 1 N–H and O–H groups in total. The number of furan rings is 1. The quantitative estimate of drug-likeness (QED) is 0.869. The molecule has 0 saturated carbocycles. The highest BCUT2D eigenvalue weighted by atomic mass is 16.4. The van der Waals surface area contributed by atoms with Crippen molar-refractivity contribution in [2.75, 3.05) is 13.6 Å². The zero-order chi connectivity index (χ0) is 17.8. The van der Waals surface area contributed by atoms with Crippen LogP contribution in [0.2, 0.25) is 0 Å². The Morgan fingerprint density at radius 3 is 2.92 bits per heavy atom. The van der Waals surface area contributed by atoms with Crippen molar-refractivity contribution >= 4 is 5.97 Å². The van der Waals surface area contributed by atoms with Gasteiger partial charge in [-0.25, -0.2) is 0 Å². The molecule has 2 aromatic heterocycles. The summed E-state index contributed by atoms with van der Waals surface area (Å²) in [6.07, 6.45) is 5.18. The summed E-state index contributed by atoms with van der Waals surface area (Å²) in [5, 5.41) is 9.68. The van der Waals surface area contributed by atoms with Gasteiger partial charge in [-0.15, -0.1) is 0 Å². The number of hydrogen-bond acceptors (Lipinski definition) is 5. The van der Waals surface area contributed by atoms with E-state index in [1.165, 1.54) is 0 Å². The van der Waals surface area contributed by atoms with Crippen LogP contribution in [0.5, 0.6) is 0 Å². The summed E-state index contributed by atoms with van der Waals surface area (Å²) in [5.74, 6) is 0.918. The molecule has 0 aromatic carbocycles. The number of piperidine rings is 1. The van der Waals surface area contributed by atoms with Gasteiger partial charge in [0.2, 0.25) is 0 Å². The molecular weight excluding hydrogens is 318 g/mol. The van der Waals surface area contributed by atoms with E-state index in [1.807, 2.05) is 42.3 Å². The maximum Gasteiger partial charge on any atom is 0.320 e. The fourth-order valence-electron chi connectivity index (χ4n) is 3.52. The lowest BCUT2D eigenvalue weighted by molar-refractivity contribution is -0.146. The van der Waals surface area contributed by atoms with E-state index in [1.54, 1.807) is 6.20 Å². The number of rotatable bonds is 6. The van der Waals surface area contributed by atoms with Crippen LogP contribution < -0.4 is 0 Å². The van der Waals surface area contributed by atoms with Gasteiger partial charge in [-0.3, -0.25) is 19.6 Å². The number of aryl methyl sites for hydroxylation is 1. The minimum absolute atomic E-state index is 0.246. The van der Waals surface area contributed by atoms with Gasteiger partial charge < -0.3 is 9.52 Å². The van der Waals surface area contributed by atoms with E-state index < -0.39 is 12.0 Å². The Hall–Kier alpha value is -2.18. The van der Waals surface area contributed by atoms with Crippen molar-refractivity contribution < 1.29 is 14.3 Å².